The van der Waals surface area contributed by atoms with E-state index in [-0.39, 0.29) is 5.41 Å². The van der Waals surface area contributed by atoms with Gasteiger partial charge in [0.15, 0.2) is 0 Å². The Morgan fingerprint density at radius 1 is 1.10 bits per heavy atom. The summed E-state index contributed by atoms with van der Waals surface area (Å²) < 4.78 is 0.912. The number of anilines is 1. The molecule has 1 aromatic heterocycles. The molecule has 0 amide bonds. The molecule has 4 heteroatoms. The molecule has 2 fully saturated rings. The molecule has 3 nitrogen and oxygen atoms in total. The van der Waals surface area contributed by atoms with Crippen LogP contribution in [0.3, 0.4) is 0 Å². The SMILES string of the molecule is CC(C)(C)c1nc(Br)cc(N2CCCC3CCCCC32)n1. The zero-order valence-electron chi connectivity index (χ0n) is 13.4. The lowest BCUT2D eigenvalue weighted by atomic mass is 9.78. The molecular formula is C17H26BrN3. The molecule has 1 aromatic rings. The molecule has 116 valence electrons. The number of halogens is 1. The average Bonchev–Trinajstić information content (AvgIpc) is 2.45. The van der Waals surface area contributed by atoms with Crippen molar-refractivity contribution in [3.63, 3.8) is 0 Å². The lowest BCUT2D eigenvalue weighted by molar-refractivity contribution is 0.242. The summed E-state index contributed by atoms with van der Waals surface area (Å²) in [6.45, 7) is 7.68. The van der Waals surface area contributed by atoms with Crippen molar-refractivity contribution in [2.24, 2.45) is 5.92 Å². The molecule has 0 N–H and O–H groups in total. The Bertz CT molecular complexity index is 507. The molecule has 0 bridgehead atoms. The number of aromatic nitrogens is 2. The van der Waals surface area contributed by atoms with Crippen LogP contribution in [0.4, 0.5) is 5.82 Å². The molecule has 2 aliphatic rings. The lowest BCUT2D eigenvalue weighted by Gasteiger charge is -2.45. The summed E-state index contributed by atoms with van der Waals surface area (Å²) >= 11 is 3.58. The number of hydrogen-bond acceptors (Lipinski definition) is 3. The lowest BCUT2D eigenvalue weighted by Crippen LogP contribution is -2.47. The van der Waals surface area contributed by atoms with Crippen molar-refractivity contribution in [1.29, 1.82) is 0 Å². The Morgan fingerprint density at radius 3 is 2.57 bits per heavy atom. The highest BCUT2D eigenvalue weighted by Crippen LogP contribution is 2.38. The van der Waals surface area contributed by atoms with Gasteiger partial charge in [0.2, 0.25) is 0 Å². The van der Waals surface area contributed by atoms with Crippen molar-refractivity contribution in [2.45, 2.75) is 70.8 Å². The van der Waals surface area contributed by atoms with Gasteiger partial charge in [-0.3, -0.25) is 0 Å². The van der Waals surface area contributed by atoms with E-state index in [2.05, 4.69) is 52.7 Å². The molecule has 3 rings (SSSR count). The van der Waals surface area contributed by atoms with E-state index in [4.69, 9.17) is 4.98 Å². The standard InChI is InChI=1S/C17H26BrN3/c1-17(2,3)16-19-14(18)11-15(20-16)21-10-6-8-12-7-4-5-9-13(12)21/h11-13H,4-10H2,1-3H3. The average molecular weight is 352 g/mol. The summed E-state index contributed by atoms with van der Waals surface area (Å²) in [6, 6.07) is 2.80. The van der Waals surface area contributed by atoms with E-state index in [0.717, 1.165) is 28.7 Å². The van der Waals surface area contributed by atoms with Crippen LogP contribution in [-0.2, 0) is 5.41 Å². The van der Waals surface area contributed by atoms with Gasteiger partial charge >= 0.3 is 0 Å². The van der Waals surface area contributed by atoms with Gasteiger partial charge < -0.3 is 4.90 Å². The van der Waals surface area contributed by atoms with Crippen LogP contribution < -0.4 is 4.90 Å². The van der Waals surface area contributed by atoms with Crippen LogP contribution in [0.25, 0.3) is 0 Å². The minimum absolute atomic E-state index is 0.0136. The monoisotopic (exact) mass is 351 g/mol. The van der Waals surface area contributed by atoms with Crippen LogP contribution in [0.15, 0.2) is 10.7 Å². The van der Waals surface area contributed by atoms with Crippen LogP contribution in [0, 0.1) is 5.92 Å². The summed E-state index contributed by atoms with van der Waals surface area (Å²) in [5.74, 6) is 2.93. The molecule has 21 heavy (non-hydrogen) atoms. The van der Waals surface area contributed by atoms with Crippen LogP contribution in [0.5, 0.6) is 0 Å². The molecule has 2 atom stereocenters. The van der Waals surface area contributed by atoms with Crippen LogP contribution in [0.1, 0.15) is 65.1 Å². The van der Waals surface area contributed by atoms with Crippen molar-refractivity contribution < 1.29 is 0 Å². The van der Waals surface area contributed by atoms with Crippen LogP contribution >= 0.6 is 15.9 Å². The zero-order chi connectivity index (χ0) is 15.0. The Balaban J connectivity index is 1.93. The Kier molecular flexibility index (Phi) is 4.26. The highest BCUT2D eigenvalue weighted by atomic mass is 79.9. The molecule has 2 heterocycles. The molecule has 0 spiro atoms. The first-order valence-corrected chi connectivity index (χ1v) is 9.06. The maximum absolute atomic E-state index is 4.90. The van der Waals surface area contributed by atoms with E-state index >= 15 is 0 Å². The van der Waals surface area contributed by atoms with Crippen molar-refractivity contribution in [1.82, 2.24) is 9.97 Å². The molecule has 1 saturated heterocycles. The fourth-order valence-corrected chi connectivity index (χ4v) is 4.17. The highest BCUT2D eigenvalue weighted by molar-refractivity contribution is 9.10. The number of nitrogens with zero attached hydrogens (tertiary/aromatic N) is 3. The van der Waals surface area contributed by atoms with Crippen LogP contribution in [0.2, 0.25) is 0 Å². The second kappa shape index (κ2) is 5.86. The van der Waals surface area contributed by atoms with Crippen molar-refractivity contribution in [2.75, 3.05) is 11.4 Å². The van der Waals surface area contributed by atoms with Gasteiger partial charge in [-0.05, 0) is 47.5 Å². The van der Waals surface area contributed by atoms with E-state index < -0.39 is 0 Å². The smallest absolute Gasteiger partial charge is 0.137 e. The van der Waals surface area contributed by atoms with Gasteiger partial charge in [0.1, 0.15) is 16.2 Å². The second-order valence-corrected chi connectivity index (χ2v) is 8.38. The predicted octanol–water partition coefficient (Wildman–Crippen LogP) is 4.70. The van der Waals surface area contributed by atoms with Gasteiger partial charge in [-0.15, -0.1) is 0 Å². The molecule has 0 radical (unpaired) electrons. The Morgan fingerprint density at radius 2 is 1.81 bits per heavy atom. The van der Waals surface area contributed by atoms with E-state index in [0.29, 0.717) is 6.04 Å². The summed E-state index contributed by atoms with van der Waals surface area (Å²) in [7, 11) is 0. The Labute approximate surface area is 136 Å². The fraction of sp³-hybridized carbons (Fsp3) is 0.765. The topological polar surface area (TPSA) is 29.0 Å². The number of piperidine rings is 1. The maximum Gasteiger partial charge on any atom is 0.137 e. The summed E-state index contributed by atoms with van der Waals surface area (Å²) in [6.07, 6.45) is 8.22. The molecule has 2 unspecified atom stereocenters. The quantitative estimate of drug-likeness (QED) is 0.687. The second-order valence-electron chi connectivity index (χ2n) is 7.57. The van der Waals surface area contributed by atoms with E-state index in [1.54, 1.807) is 0 Å². The summed E-state index contributed by atoms with van der Waals surface area (Å²) in [5, 5.41) is 0. The van der Waals surface area contributed by atoms with Gasteiger partial charge in [0.25, 0.3) is 0 Å². The maximum atomic E-state index is 4.90. The normalized spacial score (nSPS) is 26.6. The molecular weight excluding hydrogens is 326 g/mol. The van der Waals surface area contributed by atoms with Gasteiger partial charge in [-0.25, -0.2) is 9.97 Å². The molecule has 1 aliphatic heterocycles. The first-order valence-electron chi connectivity index (χ1n) is 8.27. The third-order valence-corrected chi connectivity index (χ3v) is 5.30. The third-order valence-electron chi connectivity index (χ3n) is 4.89. The fourth-order valence-electron chi connectivity index (χ4n) is 3.80. The van der Waals surface area contributed by atoms with E-state index in [9.17, 15) is 0 Å². The van der Waals surface area contributed by atoms with Crippen molar-refractivity contribution in [3.05, 3.63) is 16.5 Å². The van der Waals surface area contributed by atoms with Gasteiger partial charge in [-0.1, -0.05) is 33.6 Å². The van der Waals surface area contributed by atoms with Crippen molar-refractivity contribution in [3.8, 4) is 0 Å². The number of fused-ring (bicyclic) bond motifs is 1. The molecule has 1 aliphatic carbocycles. The number of rotatable bonds is 1. The largest absolute Gasteiger partial charge is 0.353 e. The Hall–Kier alpha value is -0.640. The van der Waals surface area contributed by atoms with Gasteiger partial charge in [-0.2, -0.15) is 0 Å². The minimum Gasteiger partial charge on any atom is -0.353 e. The predicted molar refractivity (Wildman–Crippen MR) is 90.8 cm³/mol. The molecule has 1 saturated carbocycles. The summed E-state index contributed by atoms with van der Waals surface area (Å²) in [5.41, 5.74) is -0.0136. The van der Waals surface area contributed by atoms with E-state index in [1.807, 2.05) is 0 Å². The first kappa shape index (κ1) is 15.3. The van der Waals surface area contributed by atoms with Gasteiger partial charge in [0.05, 0.1) is 0 Å². The number of hydrogen-bond donors (Lipinski definition) is 0. The van der Waals surface area contributed by atoms with Crippen LogP contribution in [-0.4, -0.2) is 22.6 Å². The van der Waals surface area contributed by atoms with Gasteiger partial charge in [0, 0.05) is 24.1 Å². The van der Waals surface area contributed by atoms with Crippen molar-refractivity contribution >= 4 is 21.7 Å². The summed E-state index contributed by atoms with van der Waals surface area (Å²) in [4.78, 5) is 12.1. The minimum atomic E-state index is -0.0136. The molecule has 0 aromatic carbocycles. The van der Waals surface area contributed by atoms with E-state index in [1.165, 1.54) is 38.5 Å². The third kappa shape index (κ3) is 3.25. The zero-order valence-corrected chi connectivity index (χ0v) is 15.0. The first-order chi connectivity index (χ1) is 9.95. The highest BCUT2D eigenvalue weighted by Gasteiger charge is 2.34.